The van der Waals surface area contributed by atoms with Crippen LogP contribution < -0.4 is 10.6 Å². The van der Waals surface area contributed by atoms with Crippen LogP contribution in [-0.2, 0) is 11.3 Å². The third-order valence-electron chi connectivity index (χ3n) is 3.50. The zero-order valence-corrected chi connectivity index (χ0v) is 13.8. The average Bonchev–Trinajstić information content (AvgIpc) is 2.49. The Balaban J connectivity index is 2.58. The van der Waals surface area contributed by atoms with E-state index in [0.29, 0.717) is 0 Å². The molecule has 0 bridgehead atoms. The molecule has 0 aliphatic heterocycles. The third kappa shape index (κ3) is 5.84. The fraction of sp³-hybridized carbons (Fsp3) is 0.500. The number of benzene rings is 1. The van der Waals surface area contributed by atoms with E-state index in [1.807, 2.05) is 13.8 Å². The van der Waals surface area contributed by atoms with Crippen molar-refractivity contribution in [3.05, 3.63) is 35.4 Å². The van der Waals surface area contributed by atoms with Gasteiger partial charge in [0.1, 0.15) is 17.7 Å². The first-order valence-electron chi connectivity index (χ1n) is 7.50. The van der Waals surface area contributed by atoms with Crippen LogP contribution in [0.1, 0.15) is 32.8 Å². The maximum atomic E-state index is 13.6. The summed E-state index contributed by atoms with van der Waals surface area (Å²) in [6, 6.07) is 1.98. The average molecular weight is 327 g/mol. The van der Waals surface area contributed by atoms with Crippen LogP contribution in [0.2, 0.25) is 0 Å². The van der Waals surface area contributed by atoms with Crippen LogP contribution in [0.3, 0.4) is 0 Å². The Labute approximate surface area is 135 Å². The molecule has 1 aromatic carbocycles. The third-order valence-corrected chi connectivity index (χ3v) is 3.50. The van der Waals surface area contributed by atoms with E-state index in [2.05, 4.69) is 10.6 Å². The van der Waals surface area contributed by atoms with Crippen molar-refractivity contribution in [2.75, 3.05) is 7.05 Å². The first-order chi connectivity index (χ1) is 10.7. The second kappa shape index (κ2) is 8.45. The molecule has 0 spiro atoms. The minimum absolute atomic E-state index is 0.0212. The first kappa shape index (κ1) is 18.9. The lowest BCUT2D eigenvalue weighted by atomic mass is 10.2. The number of carbonyl (C=O) groups excluding carboxylic acids is 2. The second-order valence-electron chi connectivity index (χ2n) is 5.58. The standard InChI is InChI=1S/C16H23F2N3O2/c1-5-10(2)19-15(22)11(3)20-16(23)21(4)9-12-6-7-13(17)8-14(12)18/h6-8,10-11H,5,9H2,1-4H3,(H,19,22)(H,20,23)/t10-,11-/m0/s1. The highest BCUT2D eigenvalue weighted by molar-refractivity contribution is 5.86. The van der Waals surface area contributed by atoms with Crippen LogP contribution in [0, 0.1) is 11.6 Å². The molecule has 0 saturated heterocycles. The molecule has 2 atom stereocenters. The summed E-state index contributed by atoms with van der Waals surface area (Å²) < 4.78 is 26.4. The fourth-order valence-corrected chi connectivity index (χ4v) is 1.81. The molecular formula is C16H23F2N3O2. The van der Waals surface area contributed by atoms with Gasteiger partial charge in [-0.15, -0.1) is 0 Å². The van der Waals surface area contributed by atoms with Crippen LogP contribution in [-0.4, -0.2) is 36.0 Å². The lowest BCUT2D eigenvalue weighted by Crippen LogP contribution is -2.50. The number of amides is 3. The molecule has 2 N–H and O–H groups in total. The molecule has 7 heteroatoms. The van der Waals surface area contributed by atoms with Crippen LogP contribution >= 0.6 is 0 Å². The van der Waals surface area contributed by atoms with Gasteiger partial charge in [-0.3, -0.25) is 4.79 Å². The molecule has 0 aliphatic carbocycles. The Morgan fingerprint density at radius 1 is 1.22 bits per heavy atom. The van der Waals surface area contributed by atoms with Crippen molar-refractivity contribution in [3.63, 3.8) is 0 Å². The fourth-order valence-electron chi connectivity index (χ4n) is 1.81. The first-order valence-corrected chi connectivity index (χ1v) is 7.50. The monoisotopic (exact) mass is 327 g/mol. The van der Waals surface area contributed by atoms with Crippen LogP contribution in [0.25, 0.3) is 0 Å². The number of carbonyl (C=O) groups is 2. The highest BCUT2D eigenvalue weighted by Gasteiger charge is 2.19. The number of rotatable bonds is 6. The molecule has 0 unspecified atom stereocenters. The Kier molecular flexibility index (Phi) is 6.93. The van der Waals surface area contributed by atoms with E-state index in [1.54, 1.807) is 6.92 Å². The van der Waals surface area contributed by atoms with E-state index in [9.17, 15) is 18.4 Å². The zero-order chi connectivity index (χ0) is 17.6. The number of nitrogens with one attached hydrogen (secondary N) is 2. The summed E-state index contributed by atoms with van der Waals surface area (Å²) in [4.78, 5) is 25.1. The normalized spacial score (nSPS) is 13.1. The molecule has 3 amide bonds. The molecule has 5 nitrogen and oxygen atoms in total. The quantitative estimate of drug-likeness (QED) is 0.843. The lowest BCUT2D eigenvalue weighted by molar-refractivity contribution is -0.123. The van der Waals surface area contributed by atoms with Gasteiger partial charge in [0, 0.05) is 31.3 Å². The highest BCUT2D eigenvalue weighted by Crippen LogP contribution is 2.11. The van der Waals surface area contributed by atoms with Crippen molar-refractivity contribution >= 4 is 11.9 Å². The Hall–Kier alpha value is -2.18. The van der Waals surface area contributed by atoms with Gasteiger partial charge in [0.25, 0.3) is 0 Å². The van der Waals surface area contributed by atoms with Gasteiger partial charge in [-0.1, -0.05) is 13.0 Å². The lowest BCUT2D eigenvalue weighted by Gasteiger charge is -2.22. The minimum Gasteiger partial charge on any atom is -0.352 e. The molecule has 128 valence electrons. The van der Waals surface area contributed by atoms with E-state index in [1.165, 1.54) is 18.0 Å². The number of halogens is 2. The Morgan fingerprint density at radius 2 is 1.87 bits per heavy atom. The summed E-state index contributed by atoms with van der Waals surface area (Å²) >= 11 is 0. The van der Waals surface area contributed by atoms with Crippen LogP contribution in [0.5, 0.6) is 0 Å². The summed E-state index contributed by atoms with van der Waals surface area (Å²) in [6.07, 6.45) is 0.788. The summed E-state index contributed by atoms with van der Waals surface area (Å²) in [7, 11) is 1.47. The Bertz CT molecular complexity index is 566. The molecule has 0 aromatic heterocycles. The van der Waals surface area contributed by atoms with Crippen molar-refractivity contribution in [1.82, 2.24) is 15.5 Å². The smallest absolute Gasteiger partial charge is 0.318 e. The topological polar surface area (TPSA) is 61.4 Å². The summed E-state index contributed by atoms with van der Waals surface area (Å²) in [6.45, 7) is 5.36. The van der Waals surface area contributed by atoms with Crippen molar-refractivity contribution in [3.8, 4) is 0 Å². The van der Waals surface area contributed by atoms with Gasteiger partial charge in [0.15, 0.2) is 0 Å². The molecule has 1 rings (SSSR count). The molecule has 0 heterocycles. The van der Waals surface area contributed by atoms with Gasteiger partial charge < -0.3 is 15.5 Å². The molecule has 0 saturated carbocycles. The van der Waals surface area contributed by atoms with E-state index >= 15 is 0 Å². The molecule has 1 aromatic rings. The van der Waals surface area contributed by atoms with Gasteiger partial charge in [0.2, 0.25) is 5.91 Å². The van der Waals surface area contributed by atoms with Gasteiger partial charge >= 0.3 is 6.03 Å². The van der Waals surface area contributed by atoms with E-state index < -0.39 is 23.7 Å². The van der Waals surface area contributed by atoms with Gasteiger partial charge in [-0.25, -0.2) is 13.6 Å². The minimum atomic E-state index is -0.716. The van der Waals surface area contributed by atoms with Crippen molar-refractivity contribution in [1.29, 1.82) is 0 Å². The summed E-state index contributed by atoms with van der Waals surface area (Å²) in [5.41, 5.74) is 0.195. The molecular weight excluding hydrogens is 304 g/mol. The van der Waals surface area contributed by atoms with Crippen LogP contribution in [0.4, 0.5) is 13.6 Å². The Morgan fingerprint density at radius 3 is 2.43 bits per heavy atom. The van der Waals surface area contributed by atoms with Crippen molar-refractivity contribution < 1.29 is 18.4 Å². The predicted octanol–water partition coefficient (Wildman–Crippen LogP) is 2.41. The maximum absolute atomic E-state index is 13.6. The van der Waals surface area contributed by atoms with Gasteiger partial charge in [-0.05, 0) is 26.3 Å². The van der Waals surface area contributed by atoms with Gasteiger partial charge in [-0.2, -0.15) is 0 Å². The van der Waals surface area contributed by atoms with E-state index in [-0.39, 0.29) is 24.1 Å². The summed E-state index contributed by atoms with van der Waals surface area (Å²) in [5, 5.41) is 5.30. The molecule has 0 fully saturated rings. The largest absolute Gasteiger partial charge is 0.352 e. The molecule has 23 heavy (non-hydrogen) atoms. The molecule has 0 radical (unpaired) electrons. The highest BCUT2D eigenvalue weighted by atomic mass is 19.1. The number of urea groups is 1. The number of nitrogens with zero attached hydrogens (tertiary/aromatic N) is 1. The number of hydrogen-bond donors (Lipinski definition) is 2. The van der Waals surface area contributed by atoms with Crippen LogP contribution in [0.15, 0.2) is 18.2 Å². The molecule has 0 aliphatic rings. The zero-order valence-electron chi connectivity index (χ0n) is 13.8. The summed E-state index contributed by atoms with van der Waals surface area (Å²) in [5.74, 6) is -1.67. The number of hydrogen-bond acceptors (Lipinski definition) is 2. The predicted molar refractivity (Wildman–Crippen MR) is 83.7 cm³/mol. The van der Waals surface area contributed by atoms with Gasteiger partial charge in [0.05, 0.1) is 0 Å². The van der Waals surface area contributed by atoms with E-state index in [0.717, 1.165) is 18.6 Å². The second-order valence-corrected chi connectivity index (χ2v) is 5.58. The van der Waals surface area contributed by atoms with Crippen molar-refractivity contribution in [2.45, 2.75) is 45.8 Å². The van der Waals surface area contributed by atoms with Crippen molar-refractivity contribution in [2.24, 2.45) is 0 Å². The maximum Gasteiger partial charge on any atom is 0.318 e. The van der Waals surface area contributed by atoms with E-state index in [4.69, 9.17) is 0 Å². The SMILES string of the molecule is CC[C@H](C)NC(=O)[C@H](C)NC(=O)N(C)Cc1ccc(F)cc1F.